The van der Waals surface area contributed by atoms with Gasteiger partial charge in [-0.25, -0.2) is 4.39 Å². The average Bonchev–Trinajstić information content (AvgIpc) is 3.09. The zero-order valence-electron chi connectivity index (χ0n) is 14.2. The number of aryl methyl sites for hydroxylation is 1. The Kier molecular flexibility index (Phi) is 5.36. The van der Waals surface area contributed by atoms with Gasteiger partial charge in [0.25, 0.3) is 5.91 Å². The van der Waals surface area contributed by atoms with Gasteiger partial charge in [-0.2, -0.15) is 0 Å². The van der Waals surface area contributed by atoms with Gasteiger partial charge in [0, 0.05) is 18.2 Å². The molecule has 0 radical (unpaired) electrons. The van der Waals surface area contributed by atoms with Crippen molar-refractivity contribution in [3.05, 3.63) is 53.8 Å². The van der Waals surface area contributed by atoms with Crippen molar-refractivity contribution in [1.29, 1.82) is 0 Å². The average molecular weight is 359 g/mol. The van der Waals surface area contributed by atoms with Gasteiger partial charge < -0.3 is 19.5 Å². The maximum Gasteiger partial charge on any atom is 0.306 e. The van der Waals surface area contributed by atoms with Crippen LogP contribution in [0.3, 0.4) is 0 Å². The number of halogens is 1. The van der Waals surface area contributed by atoms with Crippen LogP contribution in [0.15, 0.2) is 42.5 Å². The van der Waals surface area contributed by atoms with Crippen LogP contribution < -0.4 is 14.8 Å². The number of hydrogen-bond acceptors (Lipinski definition) is 5. The minimum absolute atomic E-state index is 0.104. The second-order valence-corrected chi connectivity index (χ2v) is 5.82. The SMILES string of the molecule is C[C@H](OC(=O)CCc1ccc(F)cc1)C(=O)Nc1ccc2c(c1)OCO2. The predicted molar refractivity (Wildman–Crippen MR) is 91.5 cm³/mol. The molecule has 0 spiro atoms. The Morgan fingerprint density at radius 2 is 1.88 bits per heavy atom. The molecule has 0 unspecified atom stereocenters. The molecule has 0 bridgehead atoms. The monoisotopic (exact) mass is 359 g/mol. The van der Waals surface area contributed by atoms with Crippen molar-refractivity contribution in [3.8, 4) is 11.5 Å². The van der Waals surface area contributed by atoms with Crippen LogP contribution in [0.25, 0.3) is 0 Å². The maximum absolute atomic E-state index is 12.8. The van der Waals surface area contributed by atoms with Crippen LogP contribution >= 0.6 is 0 Å². The van der Waals surface area contributed by atoms with E-state index in [4.69, 9.17) is 14.2 Å². The first-order valence-corrected chi connectivity index (χ1v) is 8.16. The van der Waals surface area contributed by atoms with E-state index in [1.807, 2.05) is 0 Å². The van der Waals surface area contributed by atoms with Crippen molar-refractivity contribution in [2.24, 2.45) is 0 Å². The highest BCUT2D eigenvalue weighted by atomic mass is 19.1. The molecule has 1 amide bonds. The van der Waals surface area contributed by atoms with Crippen molar-refractivity contribution in [1.82, 2.24) is 0 Å². The van der Waals surface area contributed by atoms with Crippen LogP contribution in [0.2, 0.25) is 0 Å². The number of carbonyl (C=O) groups is 2. The lowest BCUT2D eigenvalue weighted by molar-refractivity contribution is -0.153. The van der Waals surface area contributed by atoms with Gasteiger partial charge in [0.05, 0.1) is 0 Å². The Balaban J connectivity index is 1.47. The zero-order chi connectivity index (χ0) is 18.5. The third-order valence-corrected chi connectivity index (χ3v) is 3.85. The molecular formula is C19H18FNO5. The summed E-state index contributed by atoms with van der Waals surface area (Å²) in [4.78, 5) is 24.0. The highest BCUT2D eigenvalue weighted by Crippen LogP contribution is 2.34. The van der Waals surface area contributed by atoms with Crippen molar-refractivity contribution >= 4 is 17.6 Å². The summed E-state index contributed by atoms with van der Waals surface area (Å²) in [7, 11) is 0. The molecule has 1 aliphatic rings. The summed E-state index contributed by atoms with van der Waals surface area (Å²) in [5, 5.41) is 2.66. The fraction of sp³-hybridized carbons (Fsp3) is 0.263. The first-order valence-electron chi connectivity index (χ1n) is 8.16. The standard InChI is InChI=1S/C19H18FNO5/c1-12(26-18(22)9-4-13-2-5-14(20)6-3-13)19(23)21-15-7-8-16-17(10-15)25-11-24-16/h2-3,5-8,10,12H,4,9,11H2,1H3,(H,21,23)/t12-/m0/s1. The molecule has 7 heteroatoms. The largest absolute Gasteiger partial charge is 0.454 e. The summed E-state index contributed by atoms with van der Waals surface area (Å²) in [5.41, 5.74) is 1.34. The van der Waals surface area contributed by atoms with Gasteiger partial charge in [-0.3, -0.25) is 9.59 Å². The lowest BCUT2D eigenvalue weighted by atomic mass is 10.1. The van der Waals surface area contributed by atoms with Crippen LogP contribution in [0, 0.1) is 5.82 Å². The Labute approximate surface area is 149 Å². The van der Waals surface area contributed by atoms with Gasteiger partial charge in [-0.05, 0) is 43.2 Å². The minimum Gasteiger partial charge on any atom is -0.454 e. The van der Waals surface area contributed by atoms with E-state index in [9.17, 15) is 14.0 Å². The molecule has 1 N–H and O–H groups in total. The molecular weight excluding hydrogens is 341 g/mol. The Hall–Kier alpha value is -3.09. The molecule has 0 saturated heterocycles. The highest BCUT2D eigenvalue weighted by Gasteiger charge is 2.19. The van der Waals surface area contributed by atoms with Crippen molar-refractivity contribution < 1.29 is 28.2 Å². The van der Waals surface area contributed by atoms with Crippen LogP contribution in [0.1, 0.15) is 18.9 Å². The van der Waals surface area contributed by atoms with Crippen LogP contribution in [0.4, 0.5) is 10.1 Å². The molecule has 2 aromatic carbocycles. The first-order chi connectivity index (χ1) is 12.5. The molecule has 0 saturated carbocycles. The first kappa shape index (κ1) is 17.7. The number of fused-ring (bicyclic) bond motifs is 1. The number of ether oxygens (including phenoxy) is 3. The van der Waals surface area contributed by atoms with Gasteiger partial charge in [-0.1, -0.05) is 12.1 Å². The van der Waals surface area contributed by atoms with Gasteiger partial charge in [0.2, 0.25) is 6.79 Å². The second kappa shape index (κ2) is 7.86. The van der Waals surface area contributed by atoms with Gasteiger partial charge >= 0.3 is 5.97 Å². The van der Waals surface area contributed by atoms with E-state index in [0.29, 0.717) is 23.6 Å². The van der Waals surface area contributed by atoms with Crippen molar-refractivity contribution in [2.45, 2.75) is 25.9 Å². The van der Waals surface area contributed by atoms with Gasteiger partial charge in [0.15, 0.2) is 17.6 Å². The molecule has 1 atom stereocenters. The predicted octanol–water partition coefficient (Wildman–Crippen LogP) is 3.06. The molecule has 1 aliphatic heterocycles. The summed E-state index contributed by atoms with van der Waals surface area (Å²) in [6.45, 7) is 1.65. The molecule has 0 aliphatic carbocycles. The molecule has 136 valence electrons. The number of rotatable bonds is 6. The number of amides is 1. The summed E-state index contributed by atoms with van der Waals surface area (Å²) in [6.07, 6.45) is -0.427. The van der Waals surface area contributed by atoms with Crippen LogP contribution in [0.5, 0.6) is 11.5 Å². The van der Waals surface area contributed by atoms with E-state index in [1.165, 1.54) is 19.1 Å². The van der Waals surface area contributed by atoms with Crippen molar-refractivity contribution in [3.63, 3.8) is 0 Å². The smallest absolute Gasteiger partial charge is 0.306 e. The normalized spacial score (nSPS) is 13.2. The number of hydrogen-bond donors (Lipinski definition) is 1. The lowest BCUT2D eigenvalue weighted by Gasteiger charge is -2.14. The summed E-state index contributed by atoms with van der Waals surface area (Å²) in [5.74, 6) is -0.109. The van der Waals surface area contributed by atoms with Crippen molar-refractivity contribution in [2.75, 3.05) is 12.1 Å². The van der Waals surface area contributed by atoms with Crippen LogP contribution in [-0.4, -0.2) is 24.8 Å². The molecule has 0 aromatic heterocycles. The summed E-state index contributed by atoms with van der Waals surface area (Å²) >= 11 is 0. The highest BCUT2D eigenvalue weighted by molar-refractivity contribution is 5.95. The minimum atomic E-state index is -0.943. The van der Waals surface area contributed by atoms with Gasteiger partial charge in [0.1, 0.15) is 5.82 Å². The quantitative estimate of drug-likeness (QED) is 0.803. The molecule has 1 heterocycles. The Morgan fingerprint density at radius 1 is 1.15 bits per heavy atom. The van der Waals surface area contributed by atoms with E-state index in [-0.39, 0.29) is 19.0 Å². The zero-order valence-corrected chi connectivity index (χ0v) is 14.2. The van der Waals surface area contributed by atoms with Crippen LogP contribution in [-0.2, 0) is 20.7 Å². The topological polar surface area (TPSA) is 73.9 Å². The Morgan fingerprint density at radius 3 is 2.65 bits per heavy atom. The van der Waals surface area contributed by atoms with E-state index in [0.717, 1.165) is 5.56 Å². The second-order valence-electron chi connectivity index (χ2n) is 5.82. The van der Waals surface area contributed by atoms with E-state index >= 15 is 0 Å². The molecule has 3 rings (SSSR count). The number of carbonyl (C=O) groups excluding carboxylic acids is 2. The maximum atomic E-state index is 12.8. The van der Waals surface area contributed by atoms with E-state index in [2.05, 4.69) is 5.32 Å². The number of benzene rings is 2. The van der Waals surface area contributed by atoms with E-state index in [1.54, 1.807) is 30.3 Å². The fourth-order valence-corrected chi connectivity index (χ4v) is 2.43. The van der Waals surface area contributed by atoms with E-state index < -0.39 is 18.0 Å². The van der Waals surface area contributed by atoms with Gasteiger partial charge in [-0.15, -0.1) is 0 Å². The molecule has 0 fully saturated rings. The molecule has 6 nitrogen and oxygen atoms in total. The third-order valence-electron chi connectivity index (χ3n) is 3.85. The molecule has 2 aromatic rings. The molecule has 26 heavy (non-hydrogen) atoms. The third kappa shape index (κ3) is 4.50. The number of esters is 1. The summed E-state index contributed by atoms with van der Waals surface area (Å²) in [6, 6.07) is 10.9. The lowest BCUT2D eigenvalue weighted by Crippen LogP contribution is -2.30. The number of anilines is 1. The number of nitrogens with one attached hydrogen (secondary N) is 1. The summed E-state index contributed by atoms with van der Waals surface area (Å²) < 4.78 is 28.4. The Bertz CT molecular complexity index is 806. The fourth-order valence-electron chi connectivity index (χ4n) is 2.43.